The summed E-state index contributed by atoms with van der Waals surface area (Å²) in [5.41, 5.74) is 0. The van der Waals surface area contributed by atoms with Gasteiger partial charge < -0.3 is 0 Å². The Bertz CT molecular complexity index is 11.6. The van der Waals surface area contributed by atoms with Gasteiger partial charge in [-0.3, -0.25) is 0 Å². The van der Waals surface area contributed by atoms with Gasteiger partial charge in [-0.15, -0.1) is 0 Å². The molecule has 0 aliphatic rings. The summed E-state index contributed by atoms with van der Waals surface area (Å²) in [6.45, 7) is 6.81. The topological polar surface area (TPSA) is 0 Å². The van der Waals surface area contributed by atoms with Crippen LogP contribution in [0.15, 0.2) is 0 Å². The predicted octanol–water partition coefficient (Wildman–Crippen LogP) is 0.454. The van der Waals surface area contributed by atoms with Crippen molar-refractivity contribution in [3.63, 3.8) is 0 Å². The van der Waals surface area contributed by atoms with Gasteiger partial charge in [0.25, 0.3) is 0 Å². The van der Waals surface area contributed by atoms with E-state index in [9.17, 15) is 0 Å². The predicted molar refractivity (Wildman–Crippen MR) is 31.9 cm³/mol. The first-order valence-corrected chi connectivity index (χ1v) is 4.50. The van der Waals surface area contributed by atoms with Gasteiger partial charge in [-0.05, 0) is 0 Å². The van der Waals surface area contributed by atoms with E-state index in [1.54, 1.807) is 0 Å². The molecule has 0 aliphatic carbocycles. The fourth-order valence-corrected chi connectivity index (χ4v) is 0. The van der Waals surface area contributed by atoms with Crippen LogP contribution in [-0.2, 0) is 0 Å². The van der Waals surface area contributed by atoms with Crippen molar-refractivity contribution in [1.29, 1.82) is 0 Å². The Hall–Kier alpha value is 0.736. The second kappa shape index (κ2) is 4.74. The van der Waals surface area contributed by atoms with Crippen LogP contribution in [0.5, 0.6) is 0 Å². The molecule has 0 spiro atoms. The zero-order valence-electron chi connectivity index (χ0n) is 4.00. The van der Waals surface area contributed by atoms with Crippen LogP contribution >= 0.6 is 0 Å². The van der Waals surface area contributed by atoms with E-state index in [1.807, 2.05) is 0 Å². The van der Waals surface area contributed by atoms with Crippen LogP contribution in [-0.4, -0.2) is 25.9 Å². The third-order valence-electron chi connectivity index (χ3n) is 0. The van der Waals surface area contributed by atoms with Crippen molar-refractivity contribution < 1.29 is 0 Å². The minimum atomic E-state index is 0. The van der Waals surface area contributed by atoms with Gasteiger partial charge in [0, 0.05) is 8.80 Å². The quantitative estimate of drug-likeness (QED) is 0.444. The van der Waals surface area contributed by atoms with Crippen molar-refractivity contribution >= 4 is 25.9 Å². The first kappa shape index (κ1) is 9.22. The van der Waals surface area contributed by atoms with E-state index in [0.717, 1.165) is 0 Å². The second-order valence-electron chi connectivity index (χ2n) is 1.50. The van der Waals surface area contributed by atoms with Gasteiger partial charge in [0.15, 0.2) is 0 Å². The zero-order valence-corrected chi connectivity index (χ0v) is 7.10. The first-order chi connectivity index (χ1) is 1.73. The van der Waals surface area contributed by atoms with Crippen LogP contribution in [0.2, 0.25) is 19.6 Å². The fraction of sp³-hybridized carbons (Fsp3) is 1.00. The summed E-state index contributed by atoms with van der Waals surface area (Å²) in [7, 11) is 0.120. The van der Waals surface area contributed by atoms with Gasteiger partial charge in [0.05, 0.1) is 0 Å². The first-order valence-electron chi connectivity index (χ1n) is 1.50. The molecule has 0 nitrogen and oxygen atoms in total. The number of rotatable bonds is 0. The van der Waals surface area contributed by atoms with E-state index in [1.165, 1.54) is 0 Å². The van der Waals surface area contributed by atoms with Gasteiger partial charge in [0.1, 0.15) is 0 Å². The summed E-state index contributed by atoms with van der Waals surface area (Å²) in [5.74, 6) is 0. The van der Waals surface area contributed by atoms with Crippen molar-refractivity contribution in [3.05, 3.63) is 0 Å². The van der Waals surface area contributed by atoms with Crippen LogP contribution in [0, 0.1) is 0 Å². The van der Waals surface area contributed by atoms with Crippen molar-refractivity contribution in [2.24, 2.45) is 0 Å². The van der Waals surface area contributed by atoms with E-state index in [0.29, 0.717) is 0 Å². The Labute approximate surface area is 46.0 Å². The van der Waals surface area contributed by atoms with E-state index in [2.05, 4.69) is 19.6 Å². The molecule has 0 atom stereocenters. The minimum absolute atomic E-state index is 0. The Balaban J connectivity index is 0. The number of hydrogen-bond acceptors (Lipinski definition) is 0. The summed E-state index contributed by atoms with van der Waals surface area (Å²) in [6.07, 6.45) is 0. The summed E-state index contributed by atoms with van der Waals surface area (Å²) in [4.78, 5) is 0. The average Bonchev–Trinajstić information content (AvgIpc) is 0.811. The van der Waals surface area contributed by atoms with Gasteiger partial charge >= 0.3 is 17.1 Å². The molecule has 0 amide bonds. The third-order valence-corrected chi connectivity index (χ3v) is 0. The average molecular weight is 154 g/mol. The van der Waals surface area contributed by atoms with Gasteiger partial charge in [-0.1, -0.05) is 19.6 Å². The molecule has 0 N–H and O–H groups in total. The van der Waals surface area contributed by atoms with E-state index in [-0.39, 0.29) is 25.9 Å². The van der Waals surface area contributed by atoms with E-state index >= 15 is 0 Å². The fourth-order valence-electron chi connectivity index (χ4n) is 0. The molecule has 0 aromatic carbocycles. The molecule has 0 rings (SSSR count). The Morgan fingerprint density at radius 3 is 1.00 bits per heavy atom. The summed E-state index contributed by atoms with van der Waals surface area (Å²) >= 11 is 0. The Kier molecular flexibility index (Phi) is 8.73. The molecule has 0 aliphatic heterocycles. The Morgan fingerprint density at radius 1 is 1.00 bits per heavy atom. The van der Waals surface area contributed by atoms with Gasteiger partial charge in [0.2, 0.25) is 0 Å². The SMILES string of the molecule is C[Si](C)C.[SeH2]. The molecule has 2 heteroatoms. The molecule has 5 heavy (non-hydrogen) atoms. The van der Waals surface area contributed by atoms with Crippen LogP contribution in [0.25, 0.3) is 0 Å². The van der Waals surface area contributed by atoms with Crippen LogP contribution < -0.4 is 0 Å². The molecule has 0 fully saturated rings. The van der Waals surface area contributed by atoms with Gasteiger partial charge in [-0.25, -0.2) is 0 Å². The Morgan fingerprint density at radius 2 is 1.00 bits per heavy atom. The molecule has 0 aromatic rings. The molecule has 33 valence electrons. The van der Waals surface area contributed by atoms with Crippen molar-refractivity contribution in [3.8, 4) is 0 Å². The van der Waals surface area contributed by atoms with Crippen LogP contribution in [0.3, 0.4) is 0 Å². The zero-order chi connectivity index (χ0) is 3.58. The summed E-state index contributed by atoms with van der Waals surface area (Å²) < 4.78 is 0. The van der Waals surface area contributed by atoms with Gasteiger partial charge in [-0.2, -0.15) is 0 Å². The van der Waals surface area contributed by atoms with Crippen LogP contribution in [0.4, 0.5) is 0 Å². The number of hydrogen-bond donors (Lipinski definition) is 0. The van der Waals surface area contributed by atoms with Crippen molar-refractivity contribution in [2.45, 2.75) is 19.6 Å². The van der Waals surface area contributed by atoms with Crippen molar-refractivity contribution in [2.75, 3.05) is 0 Å². The normalized spacial score (nSPS) is 7.20. The molecule has 1 radical (unpaired) electrons. The molecular weight excluding hydrogens is 143 g/mol. The molecule has 0 heterocycles. The molecule has 0 saturated carbocycles. The third kappa shape index (κ3) is 65.4. The molecule has 0 bridgehead atoms. The van der Waals surface area contributed by atoms with E-state index in [4.69, 9.17) is 0 Å². The maximum atomic E-state index is 2.27. The van der Waals surface area contributed by atoms with Crippen molar-refractivity contribution in [1.82, 2.24) is 0 Å². The summed E-state index contributed by atoms with van der Waals surface area (Å²) in [5, 5.41) is 0. The second-order valence-corrected chi connectivity index (χ2v) is 4.50. The molecule has 0 unspecified atom stereocenters. The standard InChI is InChI=1S/C3H9Si.H2Se/c1-4(2)3;/h1-3H3;1H2. The maximum absolute atomic E-state index is 2.27. The monoisotopic (exact) mass is 155 g/mol. The molecule has 0 aromatic heterocycles. The molecular formula is C3H11SeSi. The van der Waals surface area contributed by atoms with Crippen LogP contribution in [0.1, 0.15) is 0 Å². The molecule has 0 saturated heterocycles. The summed E-state index contributed by atoms with van der Waals surface area (Å²) in [6, 6.07) is 0. The van der Waals surface area contributed by atoms with E-state index < -0.39 is 0 Å².